The molecule has 21 heavy (non-hydrogen) atoms. The predicted molar refractivity (Wildman–Crippen MR) is 85.7 cm³/mol. The molecule has 1 saturated carbocycles. The summed E-state index contributed by atoms with van der Waals surface area (Å²) >= 11 is 0. The Labute approximate surface area is 127 Å². The van der Waals surface area contributed by atoms with Gasteiger partial charge in [-0.2, -0.15) is 0 Å². The number of para-hydroxylation sites is 1. The van der Waals surface area contributed by atoms with Crippen molar-refractivity contribution in [2.45, 2.75) is 45.8 Å². The Morgan fingerprint density at radius 3 is 2.71 bits per heavy atom. The number of nitrogens with one attached hydrogen (secondary N) is 2. The van der Waals surface area contributed by atoms with Crippen molar-refractivity contribution >= 4 is 11.6 Å². The van der Waals surface area contributed by atoms with Crippen LogP contribution >= 0.6 is 0 Å². The third kappa shape index (κ3) is 3.21. The van der Waals surface area contributed by atoms with Gasteiger partial charge in [-0.05, 0) is 25.0 Å². The van der Waals surface area contributed by atoms with Crippen molar-refractivity contribution in [1.82, 2.24) is 5.32 Å². The van der Waals surface area contributed by atoms with Crippen molar-refractivity contribution in [1.29, 1.82) is 0 Å². The van der Waals surface area contributed by atoms with Gasteiger partial charge in [0.05, 0.1) is 11.7 Å². The van der Waals surface area contributed by atoms with Crippen molar-refractivity contribution in [2.24, 2.45) is 5.41 Å². The zero-order valence-corrected chi connectivity index (χ0v) is 13.4. The second-order valence-electron chi connectivity index (χ2n) is 6.28. The summed E-state index contributed by atoms with van der Waals surface area (Å²) < 4.78 is 5.43. The molecular weight excluding hydrogens is 264 g/mol. The van der Waals surface area contributed by atoms with Crippen molar-refractivity contribution in [3.05, 3.63) is 29.8 Å². The van der Waals surface area contributed by atoms with Gasteiger partial charge in [0.15, 0.2) is 0 Å². The number of amides is 1. The molecule has 0 bridgehead atoms. The molecule has 0 radical (unpaired) electrons. The van der Waals surface area contributed by atoms with Crippen LogP contribution in [0.1, 0.15) is 44.0 Å². The van der Waals surface area contributed by atoms with E-state index in [1.165, 1.54) is 0 Å². The highest BCUT2D eigenvalue weighted by Crippen LogP contribution is 2.42. The van der Waals surface area contributed by atoms with Crippen LogP contribution in [0.2, 0.25) is 0 Å². The lowest BCUT2D eigenvalue weighted by Crippen LogP contribution is -2.61. The van der Waals surface area contributed by atoms with Crippen molar-refractivity contribution in [3.63, 3.8) is 0 Å². The van der Waals surface area contributed by atoms with Gasteiger partial charge in [0, 0.05) is 30.8 Å². The second-order valence-corrected chi connectivity index (χ2v) is 6.28. The number of carbonyl (C=O) groups excluding carboxylic acids is 1. The summed E-state index contributed by atoms with van der Waals surface area (Å²) in [7, 11) is 1.73. The molecule has 2 atom stereocenters. The normalized spacial score (nSPS) is 23.2. The summed E-state index contributed by atoms with van der Waals surface area (Å²) in [6.07, 6.45) is 2.12. The molecule has 0 aliphatic heterocycles. The molecule has 4 heteroatoms. The lowest BCUT2D eigenvalue weighted by molar-refractivity contribution is -0.0942. The van der Waals surface area contributed by atoms with E-state index in [4.69, 9.17) is 4.74 Å². The van der Waals surface area contributed by atoms with Crippen LogP contribution in [0.25, 0.3) is 0 Å². The number of methoxy groups -OCH3 is 1. The fourth-order valence-corrected chi connectivity index (χ4v) is 2.86. The average molecular weight is 290 g/mol. The van der Waals surface area contributed by atoms with Gasteiger partial charge in [-0.15, -0.1) is 0 Å². The molecular formula is C17H26N2O2. The maximum absolute atomic E-state index is 12.5. The lowest BCUT2D eigenvalue weighted by atomic mass is 9.64. The van der Waals surface area contributed by atoms with Crippen molar-refractivity contribution in [3.8, 4) is 0 Å². The Morgan fingerprint density at radius 1 is 1.38 bits per heavy atom. The summed E-state index contributed by atoms with van der Waals surface area (Å²) in [5, 5.41) is 6.45. The zero-order chi connectivity index (χ0) is 15.5. The maximum Gasteiger partial charge on any atom is 0.253 e. The molecule has 2 N–H and O–H groups in total. The van der Waals surface area contributed by atoms with Gasteiger partial charge in [0.2, 0.25) is 0 Å². The van der Waals surface area contributed by atoms with Crippen LogP contribution in [0.15, 0.2) is 24.3 Å². The summed E-state index contributed by atoms with van der Waals surface area (Å²) in [5.41, 5.74) is 1.59. The van der Waals surface area contributed by atoms with Gasteiger partial charge >= 0.3 is 0 Å². The summed E-state index contributed by atoms with van der Waals surface area (Å²) in [5.74, 6) is -0.0122. The first-order chi connectivity index (χ1) is 10.0. The molecule has 1 amide bonds. The molecule has 2 rings (SSSR count). The van der Waals surface area contributed by atoms with E-state index in [2.05, 4.69) is 31.4 Å². The predicted octanol–water partition coefficient (Wildman–Crippen LogP) is 3.05. The minimum Gasteiger partial charge on any atom is -0.384 e. The Hall–Kier alpha value is -1.55. The van der Waals surface area contributed by atoms with E-state index in [0.29, 0.717) is 5.56 Å². The SMILES string of the molecule is CCCNc1ccccc1C(=O)NC1CC(OC)C1(C)C. The number of hydrogen-bond donors (Lipinski definition) is 2. The number of rotatable bonds is 6. The van der Waals surface area contributed by atoms with Crippen LogP contribution < -0.4 is 10.6 Å². The van der Waals surface area contributed by atoms with Gasteiger partial charge in [-0.1, -0.05) is 32.9 Å². The molecule has 1 aliphatic carbocycles. The van der Waals surface area contributed by atoms with Crippen LogP contribution in [0.4, 0.5) is 5.69 Å². The molecule has 1 aromatic carbocycles. The van der Waals surface area contributed by atoms with E-state index < -0.39 is 0 Å². The second kappa shape index (κ2) is 6.48. The van der Waals surface area contributed by atoms with E-state index in [0.717, 1.165) is 25.1 Å². The Balaban J connectivity index is 2.04. The highest BCUT2D eigenvalue weighted by atomic mass is 16.5. The van der Waals surface area contributed by atoms with Crippen molar-refractivity contribution < 1.29 is 9.53 Å². The first kappa shape index (κ1) is 15.8. The summed E-state index contributed by atoms with van der Waals surface area (Å²) in [6.45, 7) is 7.25. The standard InChI is InChI=1S/C17H26N2O2/c1-5-10-18-13-9-7-6-8-12(13)16(20)19-14-11-15(21-4)17(14,2)3/h6-9,14-15,18H,5,10-11H2,1-4H3,(H,19,20). The van der Waals surface area contributed by atoms with Crippen LogP contribution in [-0.4, -0.2) is 31.7 Å². The molecule has 0 saturated heterocycles. The molecule has 0 spiro atoms. The summed E-state index contributed by atoms with van der Waals surface area (Å²) in [4.78, 5) is 12.5. The smallest absolute Gasteiger partial charge is 0.253 e. The third-order valence-corrected chi connectivity index (χ3v) is 4.50. The van der Waals surface area contributed by atoms with Crippen molar-refractivity contribution in [2.75, 3.05) is 19.0 Å². The number of carbonyl (C=O) groups is 1. The fourth-order valence-electron chi connectivity index (χ4n) is 2.86. The molecule has 2 unspecified atom stereocenters. The molecule has 1 fully saturated rings. The van der Waals surface area contributed by atoms with Gasteiger partial charge in [-0.25, -0.2) is 0 Å². The Bertz CT molecular complexity index is 499. The lowest BCUT2D eigenvalue weighted by Gasteiger charge is -2.51. The summed E-state index contributed by atoms with van der Waals surface area (Å²) in [6, 6.07) is 7.83. The first-order valence-corrected chi connectivity index (χ1v) is 7.67. The zero-order valence-electron chi connectivity index (χ0n) is 13.4. The Kier molecular flexibility index (Phi) is 4.88. The molecule has 4 nitrogen and oxygen atoms in total. The molecule has 1 aromatic rings. The van der Waals surface area contributed by atoms with Gasteiger partial charge in [-0.3, -0.25) is 4.79 Å². The third-order valence-electron chi connectivity index (χ3n) is 4.50. The first-order valence-electron chi connectivity index (χ1n) is 7.67. The monoisotopic (exact) mass is 290 g/mol. The number of hydrogen-bond acceptors (Lipinski definition) is 3. The average Bonchev–Trinajstić information content (AvgIpc) is 2.48. The highest BCUT2D eigenvalue weighted by molar-refractivity contribution is 5.99. The number of ether oxygens (including phenoxy) is 1. The minimum absolute atomic E-state index is 0.0122. The van der Waals surface area contributed by atoms with Gasteiger partial charge in [0.1, 0.15) is 0 Å². The van der Waals surface area contributed by atoms with E-state index in [-0.39, 0.29) is 23.5 Å². The van der Waals surface area contributed by atoms with Gasteiger partial charge in [0.25, 0.3) is 5.91 Å². The molecule has 116 valence electrons. The molecule has 0 aromatic heterocycles. The van der Waals surface area contributed by atoms with E-state index in [1.54, 1.807) is 7.11 Å². The minimum atomic E-state index is -0.0177. The largest absolute Gasteiger partial charge is 0.384 e. The molecule has 0 heterocycles. The van der Waals surface area contributed by atoms with Crippen LogP contribution in [0, 0.1) is 5.41 Å². The quantitative estimate of drug-likeness (QED) is 0.846. The fraction of sp³-hybridized carbons (Fsp3) is 0.588. The number of benzene rings is 1. The van der Waals surface area contributed by atoms with Crippen LogP contribution in [-0.2, 0) is 4.74 Å². The highest BCUT2D eigenvalue weighted by Gasteiger charge is 2.49. The van der Waals surface area contributed by atoms with Gasteiger partial charge < -0.3 is 15.4 Å². The topological polar surface area (TPSA) is 50.4 Å². The van der Waals surface area contributed by atoms with E-state index >= 15 is 0 Å². The number of anilines is 1. The van der Waals surface area contributed by atoms with E-state index in [9.17, 15) is 4.79 Å². The maximum atomic E-state index is 12.5. The molecule has 1 aliphatic rings. The Morgan fingerprint density at radius 2 is 2.10 bits per heavy atom. The van der Waals surface area contributed by atoms with Crippen LogP contribution in [0.5, 0.6) is 0 Å². The van der Waals surface area contributed by atoms with Crippen LogP contribution in [0.3, 0.4) is 0 Å². The van der Waals surface area contributed by atoms with E-state index in [1.807, 2.05) is 24.3 Å².